The molecule has 25 heavy (non-hydrogen) atoms. The van der Waals surface area contributed by atoms with Gasteiger partial charge in [-0.25, -0.2) is 4.99 Å². The number of carbonyl (C=O) groups is 2. The molecular weight excluding hydrogens is 335 g/mol. The zero-order valence-electron chi connectivity index (χ0n) is 12.7. The number of aliphatic imine (C=N–C) groups is 1. The predicted molar refractivity (Wildman–Crippen MR) is 83.8 cm³/mol. The predicted octanol–water partition coefficient (Wildman–Crippen LogP) is 2.25. The van der Waals surface area contributed by atoms with E-state index in [1.807, 2.05) is 0 Å². The molecule has 0 bridgehead atoms. The van der Waals surface area contributed by atoms with Crippen LogP contribution in [-0.2, 0) is 4.79 Å². The van der Waals surface area contributed by atoms with Crippen molar-refractivity contribution in [3.8, 4) is 0 Å². The van der Waals surface area contributed by atoms with E-state index in [0.29, 0.717) is 5.56 Å². The Labute approximate surface area is 140 Å². The van der Waals surface area contributed by atoms with Crippen LogP contribution in [-0.4, -0.2) is 29.5 Å². The van der Waals surface area contributed by atoms with Gasteiger partial charge in [0.15, 0.2) is 0 Å². The van der Waals surface area contributed by atoms with Crippen molar-refractivity contribution in [2.24, 2.45) is 4.99 Å². The van der Waals surface area contributed by atoms with Gasteiger partial charge in [0.1, 0.15) is 5.84 Å². The molecule has 0 saturated heterocycles. The van der Waals surface area contributed by atoms with Gasteiger partial charge in [-0.15, -0.1) is 0 Å². The molecule has 0 radical (unpaired) electrons. The lowest BCUT2D eigenvalue weighted by Crippen LogP contribution is -2.63. The molecule has 2 amide bonds. The second kappa shape index (κ2) is 6.04. The van der Waals surface area contributed by atoms with E-state index in [1.54, 1.807) is 29.6 Å². The van der Waals surface area contributed by atoms with E-state index in [4.69, 9.17) is 0 Å². The van der Waals surface area contributed by atoms with E-state index < -0.39 is 23.7 Å². The molecule has 1 heterocycles. The highest BCUT2D eigenvalue weighted by Crippen LogP contribution is 2.35. The molecule has 0 spiro atoms. The molecule has 1 atom stereocenters. The number of halogens is 3. The summed E-state index contributed by atoms with van der Waals surface area (Å²) in [6.07, 6.45) is -5.11. The van der Waals surface area contributed by atoms with Crippen molar-refractivity contribution in [3.63, 3.8) is 0 Å². The van der Waals surface area contributed by atoms with Gasteiger partial charge in [-0.05, 0) is 12.1 Å². The van der Waals surface area contributed by atoms with E-state index in [2.05, 4.69) is 10.3 Å². The molecule has 3 rings (SSSR count). The quantitative estimate of drug-likeness (QED) is 0.894. The van der Waals surface area contributed by atoms with Crippen molar-refractivity contribution in [2.45, 2.75) is 11.8 Å². The summed E-state index contributed by atoms with van der Waals surface area (Å²) in [4.78, 5) is 27.8. The molecule has 1 aliphatic rings. The smallest absolute Gasteiger partial charge is 0.312 e. The molecule has 128 valence electrons. The van der Waals surface area contributed by atoms with Gasteiger partial charge in [0.25, 0.3) is 11.8 Å². The first-order valence-electron chi connectivity index (χ1n) is 7.24. The number of nitrogens with zero attached hydrogens (tertiary/aromatic N) is 1. The molecule has 2 N–H and O–H groups in total. The number of nitrogens with one attached hydrogen (secondary N) is 2. The summed E-state index contributed by atoms with van der Waals surface area (Å²) in [6.45, 7) is 0. The van der Waals surface area contributed by atoms with E-state index in [1.165, 1.54) is 36.4 Å². The van der Waals surface area contributed by atoms with E-state index in [0.717, 1.165) is 0 Å². The minimum Gasteiger partial charge on any atom is -0.312 e. The average Bonchev–Trinajstić information content (AvgIpc) is 2.94. The topological polar surface area (TPSA) is 70.6 Å². The molecule has 2 aromatic carbocycles. The molecule has 0 saturated carbocycles. The fourth-order valence-electron chi connectivity index (χ4n) is 2.35. The monoisotopic (exact) mass is 347 g/mol. The number of benzene rings is 2. The van der Waals surface area contributed by atoms with Crippen LogP contribution >= 0.6 is 0 Å². The highest BCUT2D eigenvalue weighted by molar-refractivity contribution is 6.16. The summed E-state index contributed by atoms with van der Waals surface area (Å²) in [5.41, 5.74) is -3.08. The third-order valence-corrected chi connectivity index (χ3v) is 3.63. The van der Waals surface area contributed by atoms with Gasteiger partial charge in [0.05, 0.1) is 0 Å². The lowest BCUT2D eigenvalue weighted by Gasteiger charge is -2.27. The second-order valence-electron chi connectivity index (χ2n) is 5.31. The Morgan fingerprint density at radius 2 is 1.56 bits per heavy atom. The van der Waals surface area contributed by atoms with Crippen molar-refractivity contribution in [2.75, 3.05) is 0 Å². The summed E-state index contributed by atoms with van der Waals surface area (Å²) in [6, 6.07) is 15.2. The number of carbonyl (C=O) groups excluding carboxylic acids is 2. The van der Waals surface area contributed by atoms with Crippen LogP contribution in [0.5, 0.6) is 0 Å². The average molecular weight is 347 g/mol. The Morgan fingerprint density at radius 1 is 1.00 bits per heavy atom. The van der Waals surface area contributed by atoms with Gasteiger partial charge in [-0.2, -0.15) is 13.2 Å². The summed E-state index contributed by atoms with van der Waals surface area (Å²) in [5.74, 6) is -2.76. The SMILES string of the molecule is O=C(N[C@@]1(C(F)(F)F)N=C(c2ccccc2)NC1=O)c1ccccc1. The largest absolute Gasteiger partial charge is 0.442 e. The number of amidine groups is 1. The molecule has 0 unspecified atom stereocenters. The Morgan fingerprint density at radius 3 is 2.12 bits per heavy atom. The third-order valence-electron chi connectivity index (χ3n) is 3.63. The normalized spacial score (nSPS) is 20.0. The van der Waals surface area contributed by atoms with Gasteiger partial charge in [0, 0.05) is 11.1 Å². The maximum absolute atomic E-state index is 13.6. The van der Waals surface area contributed by atoms with Crippen molar-refractivity contribution in [1.82, 2.24) is 10.6 Å². The first-order chi connectivity index (χ1) is 11.8. The van der Waals surface area contributed by atoms with Crippen LogP contribution in [0.1, 0.15) is 15.9 Å². The number of alkyl halides is 3. The summed E-state index contributed by atoms with van der Waals surface area (Å²) < 4.78 is 40.9. The van der Waals surface area contributed by atoms with E-state index >= 15 is 0 Å². The second-order valence-corrected chi connectivity index (χ2v) is 5.31. The van der Waals surface area contributed by atoms with E-state index in [-0.39, 0.29) is 11.4 Å². The van der Waals surface area contributed by atoms with Crippen LogP contribution < -0.4 is 10.6 Å². The summed E-state index contributed by atoms with van der Waals surface area (Å²) in [5, 5.41) is 3.84. The third kappa shape index (κ3) is 2.98. The zero-order chi connectivity index (χ0) is 18.1. The van der Waals surface area contributed by atoms with Gasteiger partial charge in [-0.3, -0.25) is 9.59 Å². The summed E-state index contributed by atoms with van der Waals surface area (Å²) in [7, 11) is 0. The van der Waals surface area contributed by atoms with Crippen molar-refractivity contribution >= 4 is 17.6 Å². The number of hydrogen-bond acceptors (Lipinski definition) is 3. The van der Waals surface area contributed by atoms with Crippen LogP contribution in [0.15, 0.2) is 65.7 Å². The number of hydrogen-bond donors (Lipinski definition) is 2. The fraction of sp³-hybridized carbons (Fsp3) is 0.118. The highest BCUT2D eigenvalue weighted by atomic mass is 19.4. The first-order valence-corrected chi connectivity index (χ1v) is 7.24. The van der Waals surface area contributed by atoms with Gasteiger partial charge in [-0.1, -0.05) is 48.5 Å². The van der Waals surface area contributed by atoms with Gasteiger partial charge in [0.2, 0.25) is 0 Å². The lowest BCUT2D eigenvalue weighted by molar-refractivity contribution is -0.192. The van der Waals surface area contributed by atoms with Crippen molar-refractivity contribution < 1.29 is 22.8 Å². The van der Waals surface area contributed by atoms with E-state index in [9.17, 15) is 22.8 Å². The molecule has 8 heteroatoms. The minimum absolute atomic E-state index is 0.0118. The Bertz CT molecular complexity index is 835. The van der Waals surface area contributed by atoms with Gasteiger partial charge >= 0.3 is 11.8 Å². The Balaban J connectivity index is 2.01. The van der Waals surface area contributed by atoms with Crippen LogP contribution in [0.2, 0.25) is 0 Å². The highest BCUT2D eigenvalue weighted by Gasteiger charge is 2.65. The zero-order valence-corrected chi connectivity index (χ0v) is 12.7. The summed E-state index contributed by atoms with van der Waals surface area (Å²) >= 11 is 0. The molecule has 5 nitrogen and oxygen atoms in total. The minimum atomic E-state index is -5.11. The molecule has 1 aliphatic heterocycles. The van der Waals surface area contributed by atoms with Crippen LogP contribution in [0, 0.1) is 0 Å². The lowest BCUT2D eigenvalue weighted by atomic mass is 10.1. The maximum atomic E-state index is 13.6. The maximum Gasteiger partial charge on any atom is 0.442 e. The first kappa shape index (κ1) is 16.7. The van der Waals surface area contributed by atoms with Crippen LogP contribution in [0.4, 0.5) is 13.2 Å². The van der Waals surface area contributed by atoms with Crippen molar-refractivity contribution in [1.29, 1.82) is 0 Å². The van der Waals surface area contributed by atoms with Gasteiger partial charge < -0.3 is 10.6 Å². The fourth-order valence-corrected chi connectivity index (χ4v) is 2.35. The van der Waals surface area contributed by atoms with Crippen molar-refractivity contribution in [3.05, 3.63) is 71.8 Å². The molecule has 2 aromatic rings. The standard InChI is InChI=1S/C17H12F3N3O2/c18-17(19,20)16(23-14(24)12-9-5-2-6-10-12)15(25)21-13(22-16)11-7-3-1-4-8-11/h1-10H,(H,23,24)(H,21,22,25)/t16-/m0/s1. The van der Waals surface area contributed by atoms with Crippen LogP contribution in [0.3, 0.4) is 0 Å². The number of amides is 2. The molecule has 0 aliphatic carbocycles. The molecule has 0 fully saturated rings. The number of rotatable bonds is 3. The molecular formula is C17H12F3N3O2. The Kier molecular flexibility index (Phi) is 4.03. The Hall–Kier alpha value is -3.16. The molecule has 0 aromatic heterocycles. The van der Waals surface area contributed by atoms with Crippen LogP contribution in [0.25, 0.3) is 0 Å².